The summed E-state index contributed by atoms with van der Waals surface area (Å²) in [5.41, 5.74) is 5.13. The first kappa shape index (κ1) is 19.5. The van der Waals surface area contributed by atoms with Gasteiger partial charge in [-0.25, -0.2) is 14.4 Å². The normalized spacial score (nSPS) is 9.52. The van der Waals surface area contributed by atoms with Crippen molar-refractivity contribution in [1.82, 2.24) is 0 Å². The number of carbonyl (C=O) groups is 3. The lowest BCUT2D eigenvalue weighted by Gasteiger charge is -2.10. The van der Waals surface area contributed by atoms with Crippen LogP contribution < -0.4 is 10.5 Å². The summed E-state index contributed by atoms with van der Waals surface area (Å²) in [6.07, 6.45) is 0. The van der Waals surface area contributed by atoms with Gasteiger partial charge in [0.1, 0.15) is 11.5 Å². The minimum Gasteiger partial charge on any atom is -0.478 e. The van der Waals surface area contributed by atoms with E-state index in [0.29, 0.717) is 0 Å². The van der Waals surface area contributed by atoms with E-state index in [1.165, 1.54) is 18.2 Å². The van der Waals surface area contributed by atoms with E-state index in [0.717, 1.165) is 25.3 Å². The summed E-state index contributed by atoms with van der Waals surface area (Å²) in [6.45, 7) is 0. The van der Waals surface area contributed by atoms with Gasteiger partial charge in [0.2, 0.25) is 0 Å². The van der Waals surface area contributed by atoms with E-state index >= 15 is 0 Å². The van der Waals surface area contributed by atoms with Gasteiger partial charge in [-0.3, -0.25) is 0 Å². The van der Waals surface area contributed by atoms with E-state index < -0.39 is 17.9 Å². The summed E-state index contributed by atoms with van der Waals surface area (Å²) < 4.78 is 5.38. The van der Waals surface area contributed by atoms with Crippen molar-refractivity contribution in [1.29, 1.82) is 0 Å². The maximum atomic E-state index is 11.0. The second-order valence-electron chi connectivity index (χ2n) is 4.52. The van der Waals surface area contributed by atoms with E-state index in [1.807, 2.05) is 0 Å². The fourth-order valence-electron chi connectivity index (χ4n) is 1.81. The minimum atomic E-state index is -1.31. The van der Waals surface area contributed by atoms with Crippen LogP contribution in [0.4, 0.5) is 5.69 Å². The molecule has 0 saturated carbocycles. The van der Waals surface area contributed by atoms with E-state index in [1.54, 1.807) is 0 Å². The molecule has 9 nitrogen and oxygen atoms in total. The van der Waals surface area contributed by atoms with Gasteiger partial charge in [0, 0.05) is 7.11 Å². The number of aliphatic hydroxyl groups is 1. The standard InChI is InChI=1S/C15H11NO7.CH4O/c16-11-6-7(13(17)18)1-2-12(11)23-10-4-8(14(19)20)3-9(5-10)15(21)22;1-2/h1-6H,16H2,(H,17,18)(H,19,20)(H,21,22);2H,1H3. The highest BCUT2D eigenvalue weighted by atomic mass is 16.5. The van der Waals surface area contributed by atoms with Crippen LogP contribution in [0, 0.1) is 0 Å². The van der Waals surface area contributed by atoms with E-state index in [2.05, 4.69) is 0 Å². The molecule has 0 radical (unpaired) electrons. The lowest BCUT2D eigenvalue weighted by molar-refractivity contribution is 0.0681. The Bertz CT molecular complexity index is 784. The number of benzene rings is 2. The number of aromatic carboxylic acids is 3. The number of carboxylic acid groups (broad SMARTS) is 3. The van der Waals surface area contributed by atoms with Crippen molar-refractivity contribution in [2.24, 2.45) is 0 Å². The summed E-state index contributed by atoms with van der Waals surface area (Å²) in [4.78, 5) is 32.9. The molecule has 2 aromatic rings. The van der Waals surface area contributed by atoms with Crippen LogP contribution >= 0.6 is 0 Å². The molecule has 2 rings (SSSR count). The van der Waals surface area contributed by atoms with Crippen molar-refractivity contribution < 1.29 is 39.5 Å². The van der Waals surface area contributed by atoms with Crippen LogP contribution in [0.25, 0.3) is 0 Å². The molecule has 0 heterocycles. The average Bonchev–Trinajstić information content (AvgIpc) is 2.58. The molecule has 0 aliphatic rings. The monoisotopic (exact) mass is 349 g/mol. The molecule has 2 aromatic carbocycles. The lowest BCUT2D eigenvalue weighted by atomic mass is 10.1. The molecule has 132 valence electrons. The van der Waals surface area contributed by atoms with Crippen LogP contribution in [0.2, 0.25) is 0 Å². The zero-order valence-corrected chi connectivity index (χ0v) is 13.0. The Hall–Kier alpha value is -3.59. The fraction of sp³-hybridized carbons (Fsp3) is 0.0625. The largest absolute Gasteiger partial charge is 0.478 e. The minimum absolute atomic E-state index is 0.0162. The van der Waals surface area contributed by atoms with Crippen molar-refractivity contribution in [3.63, 3.8) is 0 Å². The van der Waals surface area contributed by atoms with Gasteiger partial charge in [0.05, 0.1) is 22.4 Å². The summed E-state index contributed by atoms with van der Waals surface area (Å²) in [5.74, 6) is -3.76. The molecule has 0 saturated heterocycles. The molecule has 0 spiro atoms. The summed E-state index contributed by atoms with van der Waals surface area (Å²) in [6, 6.07) is 7.00. The zero-order valence-electron chi connectivity index (χ0n) is 13.0. The third kappa shape index (κ3) is 4.94. The molecule has 0 aromatic heterocycles. The van der Waals surface area contributed by atoms with Gasteiger partial charge in [0.25, 0.3) is 0 Å². The molecule has 0 unspecified atom stereocenters. The number of rotatable bonds is 5. The van der Waals surface area contributed by atoms with Gasteiger partial charge in [-0.15, -0.1) is 0 Å². The molecule has 0 fully saturated rings. The van der Waals surface area contributed by atoms with Crippen molar-refractivity contribution in [3.05, 3.63) is 53.1 Å². The summed E-state index contributed by atoms with van der Waals surface area (Å²) in [7, 11) is 1.00. The first-order valence-electron chi connectivity index (χ1n) is 6.65. The van der Waals surface area contributed by atoms with Gasteiger partial charge in [-0.05, 0) is 36.4 Å². The van der Waals surface area contributed by atoms with E-state index in [9.17, 15) is 14.4 Å². The molecule has 0 aliphatic heterocycles. The maximum Gasteiger partial charge on any atom is 0.335 e. The number of hydrogen-bond acceptors (Lipinski definition) is 6. The van der Waals surface area contributed by atoms with Crippen LogP contribution in [0.15, 0.2) is 36.4 Å². The predicted octanol–water partition coefficient (Wildman–Crippen LogP) is 1.76. The molecule has 0 atom stereocenters. The number of ether oxygens (including phenoxy) is 1. The third-order valence-electron chi connectivity index (χ3n) is 2.88. The fourth-order valence-corrected chi connectivity index (χ4v) is 1.81. The third-order valence-corrected chi connectivity index (χ3v) is 2.88. The van der Waals surface area contributed by atoms with Crippen LogP contribution in [-0.4, -0.2) is 45.4 Å². The molecular formula is C16H15NO8. The number of aliphatic hydroxyl groups excluding tert-OH is 1. The number of carboxylic acids is 3. The summed E-state index contributed by atoms with van der Waals surface area (Å²) in [5, 5.41) is 33.8. The number of nitrogen functional groups attached to an aromatic ring is 1. The Morgan fingerprint density at radius 3 is 1.68 bits per heavy atom. The second kappa shape index (κ2) is 8.31. The molecule has 6 N–H and O–H groups in total. The number of anilines is 1. The van der Waals surface area contributed by atoms with Crippen LogP contribution in [0.5, 0.6) is 11.5 Å². The zero-order chi connectivity index (χ0) is 19.1. The Morgan fingerprint density at radius 2 is 1.28 bits per heavy atom. The topological polar surface area (TPSA) is 167 Å². The predicted molar refractivity (Wildman–Crippen MR) is 86.4 cm³/mol. The molecule has 25 heavy (non-hydrogen) atoms. The van der Waals surface area contributed by atoms with Crippen molar-refractivity contribution in [2.45, 2.75) is 0 Å². The summed E-state index contributed by atoms with van der Waals surface area (Å²) >= 11 is 0. The van der Waals surface area contributed by atoms with Crippen LogP contribution in [0.1, 0.15) is 31.1 Å². The first-order chi connectivity index (χ1) is 11.8. The SMILES string of the molecule is CO.Nc1cc(C(=O)O)ccc1Oc1cc(C(=O)O)cc(C(=O)O)c1. The Morgan fingerprint density at radius 1 is 0.800 bits per heavy atom. The van der Waals surface area contributed by atoms with Crippen LogP contribution in [0.3, 0.4) is 0 Å². The van der Waals surface area contributed by atoms with Gasteiger partial charge >= 0.3 is 17.9 Å². The maximum absolute atomic E-state index is 11.0. The highest BCUT2D eigenvalue weighted by Gasteiger charge is 2.14. The molecule has 0 bridgehead atoms. The van der Waals surface area contributed by atoms with E-state index in [4.69, 9.17) is 30.9 Å². The number of hydrogen-bond donors (Lipinski definition) is 5. The van der Waals surface area contributed by atoms with Gasteiger partial charge < -0.3 is 30.9 Å². The Labute approximate surface area is 141 Å². The average molecular weight is 349 g/mol. The second-order valence-corrected chi connectivity index (χ2v) is 4.52. The van der Waals surface area contributed by atoms with Gasteiger partial charge in [0.15, 0.2) is 0 Å². The molecular weight excluding hydrogens is 334 g/mol. The lowest BCUT2D eigenvalue weighted by Crippen LogP contribution is -2.04. The Kier molecular flexibility index (Phi) is 6.47. The molecule has 0 amide bonds. The molecule has 9 heteroatoms. The highest BCUT2D eigenvalue weighted by molar-refractivity contribution is 5.94. The molecule has 0 aliphatic carbocycles. The van der Waals surface area contributed by atoms with Crippen molar-refractivity contribution in [3.8, 4) is 11.5 Å². The Balaban J connectivity index is 0.00000151. The first-order valence-corrected chi connectivity index (χ1v) is 6.65. The highest BCUT2D eigenvalue weighted by Crippen LogP contribution is 2.29. The van der Waals surface area contributed by atoms with E-state index in [-0.39, 0.29) is 33.9 Å². The van der Waals surface area contributed by atoms with Gasteiger partial charge in [-0.1, -0.05) is 0 Å². The van der Waals surface area contributed by atoms with Crippen molar-refractivity contribution >= 4 is 23.6 Å². The van der Waals surface area contributed by atoms with Gasteiger partial charge in [-0.2, -0.15) is 0 Å². The smallest absolute Gasteiger partial charge is 0.335 e. The number of nitrogens with two attached hydrogens (primary N) is 1. The van der Waals surface area contributed by atoms with Crippen molar-refractivity contribution in [2.75, 3.05) is 12.8 Å². The quantitative estimate of drug-likeness (QED) is 0.505. The van der Waals surface area contributed by atoms with Crippen LogP contribution in [-0.2, 0) is 0 Å².